The summed E-state index contributed by atoms with van der Waals surface area (Å²) in [7, 11) is 0. The molecule has 0 aliphatic rings. The van der Waals surface area contributed by atoms with Crippen molar-refractivity contribution in [2.24, 2.45) is 0 Å². The maximum atomic E-state index is 6.34. The molecule has 106 valence electrons. The number of rotatable bonds is 7. The van der Waals surface area contributed by atoms with Crippen molar-refractivity contribution in [3.63, 3.8) is 0 Å². The molecule has 2 aromatic carbocycles. The maximum absolute atomic E-state index is 6.34. The summed E-state index contributed by atoms with van der Waals surface area (Å²) in [6.45, 7) is 4.04. The third-order valence-electron chi connectivity index (χ3n) is 3.02. The van der Waals surface area contributed by atoms with E-state index in [9.17, 15) is 0 Å². The van der Waals surface area contributed by atoms with E-state index in [4.69, 9.17) is 11.6 Å². The lowest BCUT2D eigenvalue weighted by Crippen LogP contribution is -2.13. The van der Waals surface area contributed by atoms with Crippen molar-refractivity contribution < 1.29 is 0 Å². The topological polar surface area (TPSA) is 12.0 Å². The summed E-state index contributed by atoms with van der Waals surface area (Å²) in [4.78, 5) is 1.22. The minimum Gasteiger partial charge on any atom is -0.313 e. The summed E-state index contributed by atoms with van der Waals surface area (Å²) in [5, 5.41) is 4.23. The van der Waals surface area contributed by atoms with Crippen molar-refractivity contribution in [2.75, 3.05) is 6.54 Å². The fourth-order valence-electron chi connectivity index (χ4n) is 1.90. The standard InChI is InChI=1S/C17H20ClNS/c1-2-10-19-12-15-8-9-16(11-17(15)18)20-13-14-6-4-3-5-7-14/h3-9,11,19H,2,10,12-13H2,1H3. The second-order valence-electron chi connectivity index (χ2n) is 4.70. The van der Waals surface area contributed by atoms with Gasteiger partial charge in [-0.2, -0.15) is 0 Å². The molecule has 1 N–H and O–H groups in total. The average Bonchev–Trinajstić information content (AvgIpc) is 2.48. The summed E-state index contributed by atoms with van der Waals surface area (Å²) in [5.41, 5.74) is 2.51. The Morgan fingerprint density at radius 3 is 2.60 bits per heavy atom. The smallest absolute Gasteiger partial charge is 0.0462 e. The van der Waals surface area contributed by atoms with E-state index in [1.807, 2.05) is 17.8 Å². The van der Waals surface area contributed by atoms with Gasteiger partial charge in [0.25, 0.3) is 0 Å². The van der Waals surface area contributed by atoms with Gasteiger partial charge in [-0.3, -0.25) is 0 Å². The van der Waals surface area contributed by atoms with Crippen LogP contribution in [0.25, 0.3) is 0 Å². The van der Waals surface area contributed by atoms with Gasteiger partial charge in [-0.15, -0.1) is 11.8 Å². The monoisotopic (exact) mass is 305 g/mol. The lowest BCUT2D eigenvalue weighted by molar-refractivity contribution is 0.675. The predicted octanol–water partition coefficient (Wildman–Crippen LogP) is 5.13. The molecule has 2 rings (SSSR count). The summed E-state index contributed by atoms with van der Waals surface area (Å²) in [6.07, 6.45) is 1.14. The highest BCUT2D eigenvalue weighted by molar-refractivity contribution is 7.98. The van der Waals surface area contributed by atoms with E-state index in [0.717, 1.165) is 30.3 Å². The molecule has 0 saturated carbocycles. The van der Waals surface area contributed by atoms with E-state index in [1.165, 1.54) is 16.0 Å². The fourth-order valence-corrected chi connectivity index (χ4v) is 3.11. The van der Waals surface area contributed by atoms with Crippen molar-refractivity contribution in [1.82, 2.24) is 5.32 Å². The minimum absolute atomic E-state index is 0.844. The molecule has 3 heteroatoms. The molecule has 0 radical (unpaired) electrons. The quantitative estimate of drug-likeness (QED) is 0.562. The van der Waals surface area contributed by atoms with Gasteiger partial charge in [-0.1, -0.05) is 54.9 Å². The van der Waals surface area contributed by atoms with Crippen molar-refractivity contribution in [3.8, 4) is 0 Å². The molecule has 0 aromatic heterocycles. The number of hydrogen-bond donors (Lipinski definition) is 1. The van der Waals surface area contributed by atoms with Crippen LogP contribution in [-0.2, 0) is 12.3 Å². The molecule has 0 aliphatic heterocycles. The molecule has 20 heavy (non-hydrogen) atoms. The Morgan fingerprint density at radius 1 is 1.10 bits per heavy atom. The van der Waals surface area contributed by atoms with Gasteiger partial charge in [-0.05, 0) is 36.2 Å². The van der Waals surface area contributed by atoms with Crippen LogP contribution in [0.3, 0.4) is 0 Å². The third kappa shape index (κ3) is 4.86. The third-order valence-corrected chi connectivity index (χ3v) is 4.43. The SMILES string of the molecule is CCCNCc1ccc(SCc2ccccc2)cc1Cl. The number of thioether (sulfide) groups is 1. The van der Waals surface area contributed by atoms with Gasteiger partial charge >= 0.3 is 0 Å². The van der Waals surface area contributed by atoms with E-state index >= 15 is 0 Å². The average molecular weight is 306 g/mol. The zero-order chi connectivity index (χ0) is 14.2. The lowest BCUT2D eigenvalue weighted by atomic mass is 10.2. The van der Waals surface area contributed by atoms with Gasteiger partial charge in [-0.25, -0.2) is 0 Å². The second-order valence-corrected chi connectivity index (χ2v) is 6.16. The Kier molecular flexibility index (Phi) is 6.44. The van der Waals surface area contributed by atoms with Crippen LogP contribution < -0.4 is 5.32 Å². The molecule has 0 unspecified atom stereocenters. The highest BCUT2D eigenvalue weighted by atomic mass is 35.5. The molecule has 0 aliphatic carbocycles. The molecular formula is C17H20ClNS. The van der Waals surface area contributed by atoms with E-state index < -0.39 is 0 Å². The first-order valence-corrected chi connectivity index (χ1v) is 8.32. The number of hydrogen-bond acceptors (Lipinski definition) is 2. The van der Waals surface area contributed by atoms with E-state index in [2.05, 4.69) is 54.7 Å². The molecule has 0 heterocycles. The zero-order valence-electron chi connectivity index (χ0n) is 11.7. The highest BCUT2D eigenvalue weighted by Gasteiger charge is 2.03. The minimum atomic E-state index is 0.844. The highest BCUT2D eigenvalue weighted by Crippen LogP contribution is 2.27. The largest absolute Gasteiger partial charge is 0.313 e. The summed E-state index contributed by atoms with van der Waals surface area (Å²) >= 11 is 8.16. The molecular weight excluding hydrogens is 286 g/mol. The first-order valence-electron chi connectivity index (χ1n) is 6.95. The molecule has 1 nitrogen and oxygen atoms in total. The van der Waals surface area contributed by atoms with Crippen LogP contribution in [0.15, 0.2) is 53.4 Å². The Balaban J connectivity index is 1.91. The van der Waals surface area contributed by atoms with Gasteiger partial charge in [0.1, 0.15) is 0 Å². The molecule has 0 fully saturated rings. The van der Waals surface area contributed by atoms with Crippen LogP contribution in [0.4, 0.5) is 0 Å². The van der Waals surface area contributed by atoms with Crippen LogP contribution in [0.5, 0.6) is 0 Å². The normalized spacial score (nSPS) is 10.7. The lowest BCUT2D eigenvalue weighted by Gasteiger charge is -2.08. The van der Waals surface area contributed by atoms with Crippen LogP contribution in [0, 0.1) is 0 Å². The Morgan fingerprint density at radius 2 is 1.90 bits per heavy atom. The molecule has 0 amide bonds. The van der Waals surface area contributed by atoms with Gasteiger partial charge in [0.15, 0.2) is 0 Å². The predicted molar refractivity (Wildman–Crippen MR) is 89.5 cm³/mol. The van der Waals surface area contributed by atoms with Crippen LogP contribution in [0.1, 0.15) is 24.5 Å². The maximum Gasteiger partial charge on any atom is 0.0462 e. The molecule has 0 spiro atoms. The molecule has 0 saturated heterocycles. The van der Waals surface area contributed by atoms with Crippen molar-refractivity contribution in [2.45, 2.75) is 30.5 Å². The number of halogens is 1. The number of benzene rings is 2. The molecule has 2 aromatic rings. The van der Waals surface area contributed by atoms with Gasteiger partial charge in [0, 0.05) is 22.2 Å². The van der Waals surface area contributed by atoms with Crippen LogP contribution in [0.2, 0.25) is 5.02 Å². The van der Waals surface area contributed by atoms with Crippen molar-refractivity contribution >= 4 is 23.4 Å². The first kappa shape index (κ1) is 15.4. The molecule has 0 bridgehead atoms. The van der Waals surface area contributed by atoms with Crippen LogP contribution in [-0.4, -0.2) is 6.54 Å². The van der Waals surface area contributed by atoms with Gasteiger partial charge in [0.2, 0.25) is 0 Å². The fraction of sp³-hybridized carbons (Fsp3) is 0.294. The summed E-state index contributed by atoms with van der Waals surface area (Å²) in [6, 6.07) is 16.8. The Labute approximate surface area is 130 Å². The Hall–Kier alpha value is -0.960. The number of nitrogens with one attached hydrogen (secondary N) is 1. The van der Waals surface area contributed by atoms with Gasteiger partial charge in [0.05, 0.1) is 0 Å². The summed E-state index contributed by atoms with van der Waals surface area (Å²) < 4.78 is 0. The second kappa shape index (κ2) is 8.35. The van der Waals surface area contributed by atoms with Crippen molar-refractivity contribution in [1.29, 1.82) is 0 Å². The molecule has 0 atom stereocenters. The van der Waals surface area contributed by atoms with Crippen molar-refractivity contribution in [3.05, 3.63) is 64.7 Å². The first-order chi connectivity index (χ1) is 9.79. The van der Waals surface area contributed by atoms with Crippen LogP contribution >= 0.6 is 23.4 Å². The van der Waals surface area contributed by atoms with E-state index in [1.54, 1.807) is 0 Å². The Bertz CT molecular complexity index is 528. The van der Waals surface area contributed by atoms with Gasteiger partial charge < -0.3 is 5.32 Å². The zero-order valence-corrected chi connectivity index (χ0v) is 13.3. The van der Waals surface area contributed by atoms with E-state index in [0.29, 0.717) is 0 Å². The van der Waals surface area contributed by atoms with E-state index in [-0.39, 0.29) is 0 Å². The summed E-state index contributed by atoms with van der Waals surface area (Å²) in [5.74, 6) is 0.977.